The normalized spacial score (nSPS) is 26.9. The summed E-state index contributed by atoms with van der Waals surface area (Å²) in [6.07, 6.45) is 0.758. The summed E-state index contributed by atoms with van der Waals surface area (Å²) < 4.78 is 0. The van der Waals surface area contributed by atoms with Gasteiger partial charge in [0.15, 0.2) is 5.78 Å². The van der Waals surface area contributed by atoms with Crippen molar-refractivity contribution in [2.45, 2.75) is 33.2 Å². The van der Waals surface area contributed by atoms with Gasteiger partial charge in [0.2, 0.25) is 0 Å². The van der Waals surface area contributed by atoms with Crippen LogP contribution in [0.3, 0.4) is 0 Å². The minimum atomic E-state index is 0.178. The van der Waals surface area contributed by atoms with E-state index >= 15 is 0 Å². The molecule has 0 aliphatic carbocycles. The Kier molecular flexibility index (Phi) is 2.66. The minimum Gasteiger partial charge on any atom is -0.298 e. The summed E-state index contributed by atoms with van der Waals surface area (Å²) in [6.45, 7) is 8.42. The smallest absolute Gasteiger partial charge is 0.150 e. The number of hydrogen-bond acceptors (Lipinski definition) is 2. The number of Topliss-reactive ketones (excluding diaryl/α,β-unsaturated/α-hetero) is 1. The first-order chi connectivity index (χ1) is 5.11. The highest BCUT2D eigenvalue weighted by Gasteiger charge is 2.27. The van der Waals surface area contributed by atoms with Gasteiger partial charge in [-0.25, -0.2) is 0 Å². The van der Waals surface area contributed by atoms with Crippen molar-refractivity contribution in [2.75, 3.05) is 13.1 Å². The van der Waals surface area contributed by atoms with E-state index in [-0.39, 0.29) is 6.04 Å². The first-order valence-electron chi connectivity index (χ1n) is 4.38. The highest BCUT2D eigenvalue weighted by atomic mass is 16.1. The molecule has 2 heteroatoms. The Morgan fingerprint density at radius 3 is 2.64 bits per heavy atom. The van der Waals surface area contributed by atoms with Crippen molar-refractivity contribution in [3.63, 3.8) is 0 Å². The van der Waals surface area contributed by atoms with Crippen LogP contribution in [-0.2, 0) is 4.79 Å². The van der Waals surface area contributed by atoms with Crippen molar-refractivity contribution < 1.29 is 4.79 Å². The highest BCUT2D eigenvalue weighted by Crippen LogP contribution is 2.14. The largest absolute Gasteiger partial charge is 0.298 e. The van der Waals surface area contributed by atoms with Crippen LogP contribution in [0.1, 0.15) is 27.2 Å². The average Bonchev–Trinajstić information content (AvgIpc) is 2.18. The molecule has 0 unspecified atom stereocenters. The molecule has 0 N–H and O–H groups in total. The lowest BCUT2D eigenvalue weighted by Crippen LogP contribution is -2.33. The molecule has 0 radical (unpaired) electrons. The number of rotatable bonds is 2. The minimum absolute atomic E-state index is 0.178. The number of likely N-dealkylation sites (tertiary alicyclic amines) is 1. The molecule has 0 aromatic rings. The first kappa shape index (κ1) is 8.72. The molecule has 11 heavy (non-hydrogen) atoms. The SMILES string of the molecule is CC(C)CN1CCC(=O)[C@@H]1C. The Morgan fingerprint density at radius 1 is 1.64 bits per heavy atom. The third kappa shape index (κ3) is 2.03. The van der Waals surface area contributed by atoms with E-state index in [0.29, 0.717) is 11.7 Å². The quantitative estimate of drug-likeness (QED) is 0.599. The molecule has 1 aliphatic rings. The van der Waals surface area contributed by atoms with E-state index in [9.17, 15) is 4.79 Å². The summed E-state index contributed by atoms with van der Waals surface area (Å²) in [7, 11) is 0. The van der Waals surface area contributed by atoms with Crippen molar-refractivity contribution in [1.29, 1.82) is 0 Å². The lowest BCUT2D eigenvalue weighted by Gasteiger charge is -2.21. The second-order valence-electron chi connectivity index (χ2n) is 3.78. The van der Waals surface area contributed by atoms with Gasteiger partial charge in [0.1, 0.15) is 0 Å². The molecule has 0 aromatic heterocycles. The van der Waals surface area contributed by atoms with Crippen LogP contribution in [0.5, 0.6) is 0 Å². The van der Waals surface area contributed by atoms with Crippen LogP contribution in [-0.4, -0.2) is 29.8 Å². The zero-order valence-electron chi connectivity index (χ0n) is 7.63. The molecule has 0 amide bonds. The Hall–Kier alpha value is -0.370. The Bertz CT molecular complexity index is 154. The molecule has 1 heterocycles. The molecule has 64 valence electrons. The zero-order valence-corrected chi connectivity index (χ0v) is 7.63. The molecular formula is C9H17NO. The van der Waals surface area contributed by atoms with Crippen LogP contribution in [0.4, 0.5) is 0 Å². The molecular weight excluding hydrogens is 138 g/mol. The second-order valence-corrected chi connectivity index (χ2v) is 3.78. The Labute approximate surface area is 68.6 Å². The molecule has 1 rings (SSSR count). The third-order valence-electron chi connectivity index (χ3n) is 2.26. The van der Waals surface area contributed by atoms with Gasteiger partial charge in [-0.05, 0) is 12.8 Å². The fraction of sp³-hybridized carbons (Fsp3) is 0.889. The number of nitrogens with zero attached hydrogens (tertiary/aromatic N) is 1. The van der Waals surface area contributed by atoms with Gasteiger partial charge in [0.05, 0.1) is 6.04 Å². The van der Waals surface area contributed by atoms with Crippen LogP contribution in [0, 0.1) is 5.92 Å². The first-order valence-corrected chi connectivity index (χ1v) is 4.38. The van der Waals surface area contributed by atoms with Crippen molar-refractivity contribution in [2.24, 2.45) is 5.92 Å². The molecule has 0 spiro atoms. The number of carbonyl (C=O) groups excluding carboxylic acids is 1. The Morgan fingerprint density at radius 2 is 2.27 bits per heavy atom. The van der Waals surface area contributed by atoms with E-state index in [4.69, 9.17) is 0 Å². The second kappa shape index (κ2) is 3.35. The molecule has 0 aromatic carbocycles. The standard InChI is InChI=1S/C9H17NO/c1-7(2)6-10-5-4-9(11)8(10)3/h7-8H,4-6H2,1-3H3/t8-/m0/s1. The summed E-state index contributed by atoms with van der Waals surface area (Å²) in [4.78, 5) is 13.4. The lowest BCUT2D eigenvalue weighted by atomic mass is 10.2. The molecule has 2 nitrogen and oxygen atoms in total. The van der Waals surface area contributed by atoms with Gasteiger partial charge in [-0.1, -0.05) is 13.8 Å². The van der Waals surface area contributed by atoms with E-state index in [1.165, 1.54) is 0 Å². The van der Waals surface area contributed by atoms with E-state index in [1.54, 1.807) is 0 Å². The number of hydrogen-bond donors (Lipinski definition) is 0. The average molecular weight is 155 g/mol. The van der Waals surface area contributed by atoms with Crippen molar-refractivity contribution in [1.82, 2.24) is 4.90 Å². The highest BCUT2D eigenvalue weighted by molar-refractivity contribution is 5.85. The summed E-state index contributed by atoms with van der Waals surface area (Å²) in [5.41, 5.74) is 0. The molecule has 1 atom stereocenters. The van der Waals surface area contributed by atoms with Crippen molar-refractivity contribution in [3.8, 4) is 0 Å². The van der Waals surface area contributed by atoms with Crippen LogP contribution < -0.4 is 0 Å². The maximum atomic E-state index is 11.1. The predicted molar refractivity (Wildman–Crippen MR) is 45.5 cm³/mol. The Balaban J connectivity index is 2.42. The predicted octanol–water partition coefficient (Wildman–Crippen LogP) is 1.31. The maximum absolute atomic E-state index is 11.1. The molecule has 0 saturated carbocycles. The van der Waals surface area contributed by atoms with Gasteiger partial charge in [-0.15, -0.1) is 0 Å². The van der Waals surface area contributed by atoms with E-state index in [0.717, 1.165) is 19.5 Å². The van der Waals surface area contributed by atoms with Crippen LogP contribution in [0.25, 0.3) is 0 Å². The summed E-state index contributed by atoms with van der Waals surface area (Å²) in [5, 5.41) is 0. The zero-order chi connectivity index (χ0) is 8.43. The van der Waals surface area contributed by atoms with E-state index < -0.39 is 0 Å². The van der Waals surface area contributed by atoms with E-state index in [2.05, 4.69) is 18.7 Å². The van der Waals surface area contributed by atoms with Gasteiger partial charge in [0, 0.05) is 19.5 Å². The number of ketones is 1. The van der Waals surface area contributed by atoms with Crippen LogP contribution in [0.2, 0.25) is 0 Å². The molecule has 1 aliphatic heterocycles. The maximum Gasteiger partial charge on any atom is 0.150 e. The van der Waals surface area contributed by atoms with Gasteiger partial charge < -0.3 is 0 Å². The fourth-order valence-electron chi connectivity index (χ4n) is 1.58. The summed E-state index contributed by atoms with van der Waals surface area (Å²) >= 11 is 0. The van der Waals surface area contributed by atoms with Gasteiger partial charge in [0.25, 0.3) is 0 Å². The molecule has 1 saturated heterocycles. The van der Waals surface area contributed by atoms with Crippen LogP contribution in [0.15, 0.2) is 0 Å². The summed E-state index contributed by atoms with van der Waals surface area (Å²) in [5.74, 6) is 1.08. The fourth-order valence-corrected chi connectivity index (χ4v) is 1.58. The monoisotopic (exact) mass is 155 g/mol. The van der Waals surface area contributed by atoms with Crippen molar-refractivity contribution in [3.05, 3.63) is 0 Å². The summed E-state index contributed by atoms with van der Waals surface area (Å²) in [6, 6.07) is 0.178. The molecule has 1 fully saturated rings. The molecule has 0 bridgehead atoms. The lowest BCUT2D eigenvalue weighted by molar-refractivity contribution is -0.119. The van der Waals surface area contributed by atoms with Crippen molar-refractivity contribution >= 4 is 5.78 Å². The van der Waals surface area contributed by atoms with Gasteiger partial charge in [-0.2, -0.15) is 0 Å². The third-order valence-corrected chi connectivity index (χ3v) is 2.26. The van der Waals surface area contributed by atoms with Crippen LogP contribution >= 0.6 is 0 Å². The van der Waals surface area contributed by atoms with Gasteiger partial charge >= 0.3 is 0 Å². The topological polar surface area (TPSA) is 20.3 Å². The number of carbonyl (C=O) groups is 1. The van der Waals surface area contributed by atoms with E-state index in [1.807, 2.05) is 6.92 Å². The van der Waals surface area contributed by atoms with Gasteiger partial charge in [-0.3, -0.25) is 9.69 Å².